The molecule has 0 amide bonds. The third-order valence-electron chi connectivity index (χ3n) is 4.95. The van der Waals surface area contributed by atoms with Crippen LogP contribution < -0.4 is 5.32 Å². The molecule has 4 rings (SSSR count). The summed E-state index contributed by atoms with van der Waals surface area (Å²) < 4.78 is 52.4. The van der Waals surface area contributed by atoms with E-state index in [1.54, 1.807) is 13.1 Å². The number of nitrogens with one attached hydrogen (secondary N) is 2. The predicted octanol–water partition coefficient (Wildman–Crippen LogP) is 4.53. The molecule has 1 fully saturated rings. The van der Waals surface area contributed by atoms with E-state index in [0.29, 0.717) is 17.2 Å². The number of aromatic nitrogens is 3. The monoisotopic (exact) mass is 452 g/mol. The number of benzene rings is 1. The topological polar surface area (TPSA) is 87.7 Å². The third kappa shape index (κ3) is 4.17. The second kappa shape index (κ2) is 7.63. The van der Waals surface area contributed by atoms with E-state index in [2.05, 4.69) is 20.3 Å². The van der Waals surface area contributed by atoms with Crippen molar-refractivity contribution in [3.8, 4) is 0 Å². The van der Waals surface area contributed by atoms with Gasteiger partial charge in [-0.25, -0.2) is 27.2 Å². The quantitative estimate of drug-likeness (QED) is 0.573. The summed E-state index contributed by atoms with van der Waals surface area (Å²) in [5, 5.41) is 2.71. The number of sulfone groups is 1. The van der Waals surface area contributed by atoms with Crippen molar-refractivity contribution in [1.29, 1.82) is 0 Å². The lowest BCUT2D eigenvalue weighted by atomic mass is 10.1. The predicted molar refractivity (Wildman–Crippen MR) is 109 cm³/mol. The van der Waals surface area contributed by atoms with Gasteiger partial charge in [-0.2, -0.15) is 0 Å². The van der Waals surface area contributed by atoms with Crippen molar-refractivity contribution < 1.29 is 17.2 Å². The van der Waals surface area contributed by atoms with Crippen molar-refractivity contribution in [3.05, 3.63) is 69.8 Å². The van der Waals surface area contributed by atoms with E-state index in [0.717, 1.165) is 24.7 Å². The average molecular weight is 453 g/mol. The van der Waals surface area contributed by atoms with Crippen molar-refractivity contribution in [3.63, 3.8) is 0 Å². The molecule has 30 heavy (non-hydrogen) atoms. The Balaban J connectivity index is 1.77. The molecule has 0 saturated heterocycles. The maximum Gasteiger partial charge on any atom is 0.194 e. The van der Waals surface area contributed by atoms with E-state index in [4.69, 9.17) is 11.6 Å². The number of nitrogens with zero attached hydrogens (tertiary/aromatic N) is 2. The largest absolute Gasteiger partial charge is 0.354 e. The Morgan fingerprint density at radius 1 is 1.23 bits per heavy atom. The number of rotatable bonds is 6. The summed E-state index contributed by atoms with van der Waals surface area (Å²) in [6.07, 6.45) is 4.71. The molecular weight excluding hydrogens is 434 g/mol. The number of halogens is 3. The van der Waals surface area contributed by atoms with Crippen molar-refractivity contribution in [2.75, 3.05) is 11.6 Å². The van der Waals surface area contributed by atoms with E-state index in [9.17, 15) is 17.2 Å². The van der Waals surface area contributed by atoms with Gasteiger partial charge in [0.2, 0.25) is 0 Å². The molecule has 2 N–H and O–H groups in total. The van der Waals surface area contributed by atoms with Crippen LogP contribution in [0.1, 0.15) is 47.4 Å². The maximum absolute atomic E-state index is 14.7. The lowest BCUT2D eigenvalue weighted by Crippen LogP contribution is -2.16. The lowest BCUT2D eigenvalue weighted by Gasteiger charge is -2.19. The molecule has 0 spiro atoms. The Kier molecular flexibility index (Phi) is 5.27. The Morgan fingerprint density at radius 3 is 2.53 bits per heavy atom. The molecule has 0 radical (unpaired) electrons. The first-order valence-corrected chi connectivity index (χ1v) is 11.5. The minimum atomic E-state index is -3.58. The van der Waals surface area contributed by atoms with Gasteiger partial charge in [-0.1, -0.05) is 17.7 Å². The first-order valence-electron chi connectivity index (χ1n) is 9.27. The SMILES string of the molecule is Cc1[nH]c([C@H](Nc2ncc(C3CC3)cc2F)c2ccc(F)c(Cl)c2)nc1S(C)(=O)=O. The molecule has 158 valence electrons. The zero-order valence-electron chi connectivity index (χ0n) is 16.2. The van der Waals surface area contributed by atoms with Crippen molar-refractivity contribution in [2.24, 2.45) is 0 Å². The molecule has 3 aromatic rings. The maximum atomic E-state index is 14.7. The molecule has 1 saturated carbocycles. The highest BCUT2D eigenvalue weighted by Crippen LogP contribution is 2.40. The molecular formula is C20H19ClF2N4O2S. The molecule has 1 atom stereocenters. The van der Waals surface area contributed by atoms with Crippen LogP contribution in [-0.2, 0) is 9.84 Å². The van der Waals surface area contributed by atoms with Gasteiger partial charge in [0, 0.05) is 12.5 Å². The first-order chi connectivity index (χ1) is 14.1. The minimum Gasteiger partial charge on any atom is -0.354 e. The number of anilines is 1. The highest BCUT2D eigenvalue weighted by atomic mass is 35.5. The summed E-state index contributed by atoms with van der Waals surface area (Å²) in [5.41, 5.74) is 1.64. The van der Waals surface area contributed by atoms with Gasteiger partial charge >= 0.3 is 0 Å². The summed E-state index contributed by atoms with van der Waals surface area (Å²) in [6, 6.07) is 4.62. The van der Waals surface area contributed by atoms with Gasteiger partial charge in [0.05, 0.1) is 10.7 Å². The van der Waals surface area contributed by atoms with E-state index in [1.165, 1.54) is 24.3 Å². The summed E-state index contributed by atoms with van der Waals surface area (Å²) in [4.78, 5) is 11.3. The molecule has 6 nitrogen and oxygen atoms in total. The van der Waals surface area contributed by atoms with E-state index < -0.39 is 27.5 Å². The third-order valence-corrected chi connectivity index (χ3v) is 6.34. The smallest absolute Gasteiger partial charge is 0.194 e. The van der Waals surface area contributed by atoms with Gasteiger partial charge < -0.3 is 10.3 Å². The van der Waals surface area contributed by atoms with Crippen LogP contribution in [0, 0.1) is 18.6 Å². The highest BCUT2D eigenvalue weighted by Gasteiger charge is 2.27. The van der Waals surface area contributed by atoms with Gasteiger partial charge in [-0.05, 0) is 55.0 Å². The number of aromatic amines is 1. The van der Waals surface area contributed by atoms with Crippen LogP contribution in [0.2, 0.25) is 5.02 Å². The fraction of sp³-hybridized carbons (Fsp3) is 0.300. The van der Waals surface area contributed by atoms with Crippen LogP contribution in [0.4, 0.5) is 14.6 Å². The average Bonchev–Trinajstić information content (AvgIpc) is 3.44. The summed E-state index contributed by atoms with van der Waals surface area (Å²) in [7, 11) is -3.58. The fourth-order valence-corrected chi connectivity index (χ4v) is 4.36. The van der Waals surface area contributed by atoms with Crippen LogP contribution in [0.5, 0.6) is 0 Å². The zero-order chi connectivity index (χ0) is 21.6. The van der Waals surface area contributed by atoms with Crippen molar-refractivity contribution in [1.82, 2.24) is 15.0 Å². The second-order valence-electron chi connectivity index (χ2n) is 7.45. The molecule has 0 aliphatic heterocycles. The van der Waals surface area contributed by atoms with Gasteiger partial charge in [0.15, 0.2) is 26.5 Å². The number of hydrogen-bond acceptors (Lipinski definition) is 5. The van der Waals surface area contributed by atoms with Crippen LogP contribution >= 0.6 is 11.6 Å². The molecule has 1 aromatic carbocycles. The van der Waals surface area contributed by atoms with E-state index in [1.807, 2.05) is 0 Å². The van der Waals surface area contributed by atoms with Crippen molar-refractivity contribution in [2.45, 2.75) is 36.8 Å². The summed E-state index contributed by atoms with van der Waals surface area (Å²) >= 11 is 5.93. The van der Waals surface area contributed by atoms with Crippen LogP contribution in [-0.4, -0.2) is 29.6 Å². The Bertz CT molecular complexity index is 1230. The molecule has 0 unspecified atom stereocenters. The molecule has 0 bridgehead atoms. The normalized spacial score (nSPS) is 15.2. The number of H-pyrrole nitrogens is 1. The molecule has 1 aliphatic rings. The first kappa shape index (κ1) is 20.7. The highest BCUT2D eigenvalue weighted by molar-refractivity contribution is 7.90. The van der Waals surface area contributed by atoms with E-state index in [-0.39, 0.29) is 21.7 Å². The number of hydrogen-bond donors (Lipinski definition) is 2. The molecule has 2 aromatic heterocycles. The Labute approximate surface area is 177 Å². The molecule has 10 heteroatoms. The molecule has 1 aliphatic carbocycles. The number of pyridine rings is 1. The molecule has 2 heterocycles. The summed E-state index contributed by atoms with van der Waals surface area (Å²) in [5.74, 6) is -0.616. The van der Waals surface area contributed by atoms with Gasteiger partial charge in [0.25, 0.3) is 0 Å². The van der Waals surface area contributed by atoms with Gasteiger partial charge in [-0.3, -0.25) is 0 Å². The lowest BCUT2D eigenvalue weighted by molar-refractivity contribution is 0.597. The zero-order valence-corrected chi connectivity index (χ0v) is 17.8. The van der Waals surface area contributed by atoms with Crippen LogP contribution in [0.3, 0.4) is 0 Å². The van der Waals surface area contributed by atoms with E-state index >= 15 is 0 Å². The van der Waals surface area contributed by atoms with Crippen LogP contribution in [0.15, 0.2) is 35.5 Å². The number of imidazole rings is 1. The summed E-state index contributed by atoms with van der Waals surface area (Å²) in [6.45, 7) is 1.57. The van der Waals surface area contributed by atoms with Crippen LogP contribution in [0.25, 0.3) is 0 Å². The number of aryl methyl sites for hydroxylation is 1. The van der Waals surface area contributed by atoms with Crippen molar-refractivity contribution >= 4 is 27.3 Å². The second-order valence-corrected chi connectivity index (χ2v) is 9.79. The fourth-order valence-electron chi connectivity index (χ4n) is 3.30. The minimum absolute atomic E-state index is 0.0280. The standard InChI is InChI=1S/C20H19ClF2N4O2S/c1-10-20(30(2,28)29)27-19(25-10)17(12-5-6-15(22)14(21)7-12)26-18-16(23)8-13(9-24-18)11-3-4-11/h5-9,11,17H,3-4H2,1-2H3,(H,24,26)(H,25,27)/t17-/m1/s1. The van der Waals surface area contributed by atoms with Gasteiger partial charge in [0.1, 0.15) is 17.7 Å². The van der Waals surface area contributed by atoms with Gasteiger partial charge in [-0.15, -0.1) is 0 Å². The Morgan fingerprint density at radius 2 is 1.97 bits per heavy atom. The Hall–Kier alpha value is -2.52.